The van der Waals surface area contributed by atoms with Gasteiger partial charge < -0.3 is 0 Å². The van der Waals surface area contributed by atoms with Crippen LogP contribution in [-0.2, 0) is 21.4 Å². The lowest BCUT2D eigenvalue weighted by Crippen LogP contribution is -2.47. The summed E-state index contributed by atoms with van der Waals surface area (Å²) in [6.07, 6.45) is 4.17. The van der Waals surface area contributed by atoms with Crippen LogP contribution in [-0.4, -0.2) is 30.3 Å². The molecule has 1 aromatic heterocycles. The molecule has 3 saturated carbocycles. The average Bonchev–Trinajstić information content (AvgIpc) is 3.10. The number of nitrogens with zero attached hydrogens (tertiary/aromatic N) is 1. The molecule has 0 N–H and O–H groups in total. The van der Waals surface area contributed by atoms with Crippen molar-refractivity contribution < 1.29 is 13.2 Å². The molecule has 0 aliphatic heterocycles. The summed E-state index contributed by atoms with van der Waals surface area (Å²) in [5, 5.41) is 4.00. The average molecular weight is 368 g/mol. The first-order valence-electron chi connectivity index (χ1n) is 8.80. The molecule has 3 aliphatic rings. The number of hydrogen-bond donors (Lipinski definition) is 0. The van der Waals surface area contributed by atoms with Gasteiger partial charge in [0.15, 0.2) is 0 Å². The molecule has 2 atom stereocenters. The van der Waals surface area contributed by atoms with E-state index in [2.05, 4.69) is 13.8 Å². The zero-order chi connectivity index (χ0) is 17.2. The molecule has 0 amide bonds. The summed E-state index contributed by atoms with van der Waals surface area (Å²) in [5.74, 6) is 0.535. The molecule has 132 valence electrons. The number of Topliss-reactive ketones (excluding diaryl/α,β-unsaturated/α-hetero) is 1. The van der Waals surface area contributed by atoms with E-state index < -0.39 is 15.4 Å². The van der Waals surface area contributed by atoms with E-state index in [1.807, 2.05) is 16.8 Å². The van der Waals surface area contributed by atoms with Gasteiger partial charge in [0, 0.05) is 24.4 Å². The second-order valence-corrected chi connectivity index (χ2v) is 11.0. The van der Waals surface area contributed by atoms with E-state index in [0.29, 0.717) is 18.9 Å². The second kappa shape index (κ2) is 5.39. The number of rotatable bonds is 6. The Balaban J connectivity index is 1.63. The van der Waals surface area contributed by atoms with Gasteiger partial charge in [-0.15, -0.1) is 0 Å². The Kier molecular flexibility index (Phi) is 3.76. The van der Waals surface area contributed by atoms with E-state index in [9.17, 15) is 13.2 Å². The van der Waals surface area contributed by atoms with Crippen molar-refractivity contribution in [2.75, 3.05) is 5.75 Å². The summed E-state index contributed by atoms with van der Waals surface area (Å²) in [4.78, 5) is 12.7. The Labute approximate surface area is 148 Å². The SMILES string of the molecule is CC1(C)C2CCC1(CS(=O)(=O)N(Cc1ccsc1)C1CC1)C(=O)C2. The minimum Gasteiger partial charge on any atom is -0.299 e. The second-order valence-electron chi connectivity index (χ2n) is 8.33. The zero-order valence-electron chi connectivity index (χ0n) is 14.3. The lowest BCUT2D eigenvalue weighted by molar-refractivity contribution is -0.128. The van der Waals surface area contributed by atoms with Crippen LogP contribution in [0.2, 0.25) is 0 Å². The van der Waals surface area contributed by atoms with Crippen LogP contribution in [0.1, 0.15) is 51.5 Å². The van der Waals surface area contributed by atoms with E-state index >= 15 is 0 Å². The monoisotopic (exact) mass is 367 g/mol. The smallest absolute Gasteiger partial charge is 0.215 e. The highest BCUT2D eigenvalue weighted by Crippen LogP contribution is 2.64. The molecule has 1 heterocycles. The van der Waals surface area contributed by atoms with Gasteiger partial charge in [0.1, 0.15) is 5.78 Å². The van der Waals surface area contributed by atoms with Crippen LogP contribution in [0.5, 0.6) is 0 Å². The number of hydrogen-bond acceptors (Lipinski definition) is 4. The normalized spacial score (nSPS) is 32.0. The molecule has 24 heavy (non-hydrogen) atoms. The predicted octanol–water partition coefficient (Wildman–Crippen LogP) is 3.44. The Hall–Kier alpha value is -0.720. The highest BCUT2D eigenvalue weighted by Gasteiger charge is 2.65. The molecule has 4 nitrogen and oxygen atoms in total. The number of thiophene rings is 1. The summed E-state index contributed by atoms with van der Waals surface area (Å²) in [6.45, 7) is 4.65. The van der Waals surface area contributed by atoms with Crippen molar-refractivity contribution in [2.24, 2.45) is 16.7 Å². The molecule has 0 spiro atoms. The maximum atomic E-state index is 13.3. The van der Waals surface area contributed by atoms with Crippen LogP contribution in [0, 0.1) is 16.7 Å². The first kappa shape index (κ1) is 16.7. The Morgan fingerprint density at radius 1 is 1.29 bits per heavy atom. The largest absolute Gasteiger partial charge is 0.299 e. The fourth-order valence-electron chi connectivity index (χ4n) is 4.88. The minimum atomic E-state index is -3.45. The van der Waals surface area contributed by atoms with Crippen LogP contribution in [0.3, 0.4) is 0 Å². The molecule has 3 fully saturated rings. The van der Waals surface area contributed by atoms with E-state index in [4.69, 9.17) is 0 Å². The topological polar surface area (TPSA) is 54.5 Å². The molecule has 3 aliphatic carbocycles. The fraction of sp³-hybridized carbons (Fsp3) is 0.722. The highest BCUT2D eigenvalue weighted by atomic mass is 32.2. The lowest BCUT2D eigenvalue weighted by Gasteiger charge is -2.37. The highest BCUT2D eigenvalue weighted by molar-refractivity contribution is 7.89. The molecule has 2 unspecified atom stereocenters. The number of carbonyl (C=O) groups is 1. The minimum absolute atomic E-state index is 0.00295. The van der Waals surface area contributed by atoms with Crippen LogP contribution >= 0.6 is 11.3 Å². The maximum absolute atomic E-state index is 13.3. The van der Waals surface area contributed by atoms with Crippen molar-refractivity contribution in [1.82, 2.24) is 4.31 Å². The van der Waals surface area contributed by atoms with Crippen molar-refractivity contribution in [1.29, 1.82) is 0 Å². The summed E-state index contributed by atoms with van der Waals surface area (Å²) in [6, 6.07) is 2.12. The Morgan fingerprint density at radius 3 is 2.54 bits per heavy atom. The molecular weight excluding hydrogens is 342 g/mol. The van der Waals surface area contributed by atoms with Crippen molar-refractivity contribution >= 4 is 27.1 Å². The van der Waals surface area contributed by atoms with Gasteiger partial charge in [0.05, 0.1) is 5.75 Å². The molecular formula is C18H25NO3S2. The first-order chi connectivity index (χ1) is 11.3. The third kappa shape index (κ3) is 2.41. The molecule has 2 bridgehead atoms. The first-order valence-corrected chi connectivity index (χ1v) is 11.4. The summed E-state index contributed by atoms with van der Waals surface area (Å²) < 4.78 is 28.3. The van der Waals surface area contributed by atoms with Crippen LogP contribution in [0.25, 0.3) is 0 Å². The van der Waals surface area contributed by atoms with Crippen molar-refractivity contribution in [3.05, 3.63) is 22.4 Å². The lowest BCUT2D eigenvalue weighted by atomic mass is 9.70. The van der Waals surface area contributed by atoms with Gasteiger partial charge in [-0.05, 0) is 59.4 Å². The molecule has 0 aromatic carbocycles. The molecule has 6 heteroatoms. The number of fused-ring (bicyclic) bond motifs is 2. The van der Waals surface area contributed by atoms with Crippen LogP contribution in [0.15, 0.2) is 16.8 Å². The summed E-state index contributed by atoms with van der Waals surface area (Å²) >= 11 is 1.59. The van der Waals surface area contributed by atoms with Gasteiger partial charge in [-0.2, -0.15) is 15.6 Å². The van der Waals surface area contributed by atoms with Gasteiger partial charge in [0.2, 0.25) is 10.0 Å². The Bertz CT molecular complexity index is 749. The quantitative estimate of drug-likeness (QED) is 0.774. The summed E-state index contributed by atoms with van der Waals surface area (Å²) in [5.41, 5.74) is 0.182. The van der Waals surface area contributed by atoms with Crippen molar-refractivity contribution in [3.63, 3.8) is 0 Å². The van der Waals surface area contributed by atoms with E-state index in [-0.39, 0.29) is 23.0 Å². The standard InChI is InChI=1S/C18H25NO3S2/c1-17(2)14-5-7-18(17,16(20)9-14)12-24(21,22)19(15-3-4-15)10-13-6-8-23-11-13/h6,8,11,14-15H,3-5,7,9-10,12H2,1-2H3. The van der Waals surface area contributed by atoms with Crippen molar-refractivity contribution in [3.8, 4) is 0 Å². The summed E-state index contributed by atoms with van der Waals surface area (Å²) in [7, 11) is -3.45. The van der Waals surface area contributed by atoms with Gasteiger partial charge in [-0.25, -0.2) is 8.42 Å². The van der Waals surface area contributed by atoms with E-state index in [1.165, 1.54) is 0 Å². The van der Waals surface area contributed by atoms with E-state index in [0.717, 1.165) is 31.2 Å². The Morgan fingerprint density at radius 2 is 2.04 bits per heavy atom. The zero-order valence-corrected chi connectivity index (χ0v) is 16.0. The third-order valence-electron chi connectivity index (χ3n) is 6.80. The molecule has 0 radical (unpaired) electrons. The van der Waals surface area contributed by atoms with Gasteiger partial charge in [-0.1, -0.05) is 13.8 Å². The fourth-order valence-corrected chi connectivity index (χ4v) is 8.02. The van der Waals surface area contributed by atoms with Gasteiger partial charge >= 0.3 is 0 Å². The van der Waals surface area contributed by atoms with E-state index in [1.54, 1.807) is 15.6 Å². The van der Waals surface area contributed by atoms with Gasteiger partial charge in [-0.3, -0.25) is 4.79 Å². The number of carbonyl (C=O) groups excluding carboxylic acids is 1. The number of sulfonamides is 1. The third-order valence-corrected chi connectivity index (χ3v) is 9.53. The van der Waals surface area contributed by atoms with Crippen LogP contribution in [0.4, 0.5) is 0 Å². The van der Waals surface area contributed by atoms with Crippen LogP contribution < -0.4 is 0 Å². The van der Waals surface area contributed by atoms with Gasteiger partial charge in [0.25, 0.3) is 0 Å². The predicted molar refractivity (Wildman–Crippen MR) is 95.2 cm³/mol. The molecule has 0 saturated heterocycles. The maximum Gasteiger partial charge on any atom is 0.215 e. The molecule has 4 rings (SSSR count). The molecule has 1 aromatic rings. The van der Waals surface area contributed by atoms with Crippen molar-refractivity contribution in [2.45, 2.75) is 58.5 Å². The number of ketones is 1.